The predicted octanol–water partition coefficient (Wildman–Crippen LogP) is 13.6. The second-order valence-electron chi connectivity index (χ2n) is 16.2. The number of hydrogen-bond donors (Lipinski definition) is 1. The minimum atomic E-state index is 0.0837. The highest BCUT2D eigenvalue weighted by molar-refractivity contribution is 5.53. The van der Waals surface area contributed by atoms with E-state index < -0.39 is 0 Å². The lowest BCUT2D eigenvalue weighted by Crippen LogP contribution is -2.40. The maximum Gasteiger partial charge on any atom is 0.0387 e. The minimum Gasteiger partial charge on any atom is -0.398 e. The van der Waals surface area contributed by atoms with E-state index in [1.54, 1.807) is 16.7 Å². The van der Waals surface area contributed by atoms with Crippen LogP contribution in [0, 0.1) is 23.7 Å². The van der Waals surface area contributed by atoms with Gasteiger partial charge in [-0.3, -0.25) is 0 Å². The third-order valence-corrected chi connectivity index (χ3v) is 12.2. The second-order valence-corrected chi connectivity index (χ2v) is 16.2. The van der Waals surface area contributed by atoms with E-state index >= 15 is 0 Å². The zero-order chi connectivity index (χ0) is 33.1. The maximum atomic E-state index is 7.07. The van der Waals surface area contributed by atoms with Gasteiger partial charge in [-0.1, -0.05) is 179 Å². The monoisotopic (exact) mass is 614 g/mol. The Morgan fingerprint density at radius 3 is 1.89 bits per heavy atom. The molecule has 0 bridgehead atoms. The summed E-state index contributed by atoms with van der Waals surface area (Å²) in [6, 6.07) is 9.37. The van der Waals surface area contributed by atoms with E-state index in [9.17, 15) is 0 Å². The van der Waals surface area contributed by atoms with Gasteiger partial charge >= 0.3 is 0 Å². The molecule has 0 saturated carbocycles. The Balaban J connectivity index is 2.15. The molecule has 2 aliphatic rings. The molecule has 0 spiro atoms. The summed E-state index contributed by atoms with van der Waals surface area (Å²) < 4.78 is 0. The zero-order valence-corrected chi connectivity index (χ0v) is 31.2. The molecule has 252 valence electrons. The van der Waals surface area contributed by atoms with E-state index in [1.807, 2.05) is 0 Å². The summed E-state index contributed by atoms with van der Waals surface area (Å²) in [7, 11) is 0. The molecule has 2 atom stereocenters. The second kappa shape index (κ2) is 17.2. The standard InChI is InChI=1S/C44H71N/c1-10-12-14-16-18-22-30-44(31-23-19-17-15-13-11-2,40-25-21-20-24-35(40)4)37-27-28-38-36(5)43(9,42(6,7)8)33-34(3)26-29-41(45)39(38)32-37/h20-21,24-26,29,32,36H,10-19,22-23,27-28,30-31,33,45H2,1-9H3/b34-26+,41-29?. The van der Waals surface area contributed by atoms with Gasteiger partial charge in [0.25, 0.3) is 0 Å². The molecule has 3 rings (SSSR count). The first kappa shape index (κ1) is 37.4. The van der Waals surface area contributed by atoms with Crippen LogP contribution in [0.1, 0.15) is 176 Å². The molecule has 1 nitrogen and oxygen atoms in total. The minimum absolute atomic E-state index is 0.0837. The normalized spacial score (nSPS) is 22.5. The van der Waals surface area contributed by atoms with E-state index in [0.29, 0.717) is 5.92 Å². The maximum absolute atomic E-state index is 7.07. The van der Waals surface area contributed by atoms with Crippen LogP contribution < -0.4 is 5.73 Å². The van der Waals surface area contributed by atoms with Crippen LogP contribution in [0.4, 0.5) is 0 Å². The van der Waals surface area contributed by atoms with Gasteiger partial charge in [0, 0.05) is 11.1 Å². The first-order valence-electron chi connectivity index (χ1n) is 19.0. The molecule has 1 aromatic rings. The summed E-state index contributed by atoms with van der Waals surface area (Å²) in [5.74, 6) is 0.462. The Kier molecular flexibility index (Phi) is 14.3. The van der Waals surface area contributed by atoms with Crippen LogP contribution in [0.2, 0.25) is 0 Å². The molecule has 2 aliphatic carbocycles. The van der Waals surface area contributed by atoms with Crippen molar-refractivity contribution in [2.75, 3.05) is 0 Å². The van der Waals surface area contributed by atoms with Gasteiger partial charge in [0.2, 0.25) is 0 Å². The SMILES string of the molecule is CCCCCCCCC(CCCCCCCC)(C1=CC2=C(CC1)C(C)C(C)(C(C)(C)C)C/C(C)=C/C=C2N)c1ccccc1C. The molecule has 1 heteroatoms. The molecule has 45 heavy (non-hydrogen) atoms. The van der Waals surface area contributed by atoms with Crippen LogP contribution in [0.25, 0.3) is 0 Å². The highest BCUT2D eigenvalue weighted by Gasteiger charge is 2.45. The molecule has 0 fully saturated rings. The summed E-state index contributed by atoms with van der Waals surface area (Å²) in [4.78, 5) is 0. The van der Waals surface area contributed by atoms with E-state index in [-0.39, 0.29) is 16.2 Å². The van der Waals surface area contributed by atoms with E-state index in [2.05, 4.69) is 105 Å². The van der Waals surface area contributed by atoms with Gasteiger partial charge in [-0.05, 0) is 85.5 Å². The fraction of sp³-hybridized carbons (Fsp3) is 0.682. The number of rotatable bonds is 16. The zero-order valence-electron chi connectivity index (χ0n) is 31.2. The molecule has 0 amide bonds. The highest BCUT2D eigenvalue weighted by Crippen LogP contribution is 2.55. The van der Waals surface area contributed by atoms with Crippen molar-refractivity contribution in [2.24, 2.45) is 22.5 Å². The Bertz CT molecular complexity index is 1180. The van der Waals surface area contributed by atoms with Crippen LogP contribution in [0.3, 0.4) is 0 Å². The van der Waals surface area contributed by atoms with Gasteiger partial charge in [-0.2, -0.15) is 0 Å². The smallest absolute Gasteiger partial charge is 0.0387 e. The summed E-state index contributed by atoms with van der Waals surface area (Å²) in [6.45, 7) is 21.7. The van der Waals surface area contributed by atoms with E-state index in [1.165, 1.54) is 107 Å². The van der Waals surface area contributed by atoms with Gasteiger partial charge < -0.3 is 5.73 Å². The van der Waals surface area contributed by atoms with E-state index in [0.717, 1.165) is 25.0 Å². The Hall–Kier alpha value is -2.02. The highest BCUT2D eigenvalue weighted by atomic mass is 14.6. The number of allylic oxidation sites excluding steroid dienone is 6. The van der Waals surface area contributed by atoms with E-state index in [4.69, 9.17) is 5.73 Å². The van der Waals surface area contributed by atoms with Gasteiger partial charge in [-0.15, -0.1) is 0 Å². The third kappa shape index (κ3) is 9.29. The van der Waals surface area contributed by atoms with Crippen molar-refractivity contribution < 1.29 is 0 Å². The summed E-state index contributed by atoms with van der Waals surface area (Å²) in [5, 5.41) is 0. The Morgan fingerprint density at radius 2 is 1.33 bits per heavy atom. The summed E-state index contributed by atoms with van der Waals surface area (Å²) in [5.41, 5.74) is 17.5. The number of nitrogens with two attached hydrogens (primary N) is 1. The van der Waals surface area contributed by atoms with Gasteiger partial charge in [-0.25, -0.2) is 0 Å². The molecule has 1 aromatic carbocycles. The van der Waals surface area contributed by atoms with Gasteiger partial charge in [0.15, 0.2) is 0 Å². The first-order valence-corrected chi connectivity index (χ1v) is 19.0. The molecule has 0 radical (unpaired) electrons. The van der Waals surface area contributed by atoms with Crippen LogP contribution >= 0.6 is 0 Å². The van der Waals surface area contributed by atoms with Crippen molar-refractivity contribution in [1.82, 2.24) is 0 Å². The van der Waals surface area contributed by atoms with Crippen molar-refractivity contribution >= 4 is 0 Å². The van der Waals surface area contributed by atoms with Crippen molar-refractivity contribution in [1.29, 1.82) is 0 Å². The van der Waals surface area contributed by atoms with Crippen LogP contribution in [0.15, 0.2) is 70.5 Å². The first-order chi connectivity index (χ1) is 21.4. The lowest BCUT2D eigenvalue weighted by molar-refractivity contribution is 0.0578. The Labute approximate surface area is 280 Å². The number of benzene rings is 1. The quantitative estimate of drug-likeness (QED) is 0.184. The molecule has 2 N–H and O–H groups in total. The molecular weight excluding hydrogens is 542 g/mol. The van der Waals surface area contributed by atoms with Crippen LogP contribution in [0.5, 0.6) is 0 Å². The Morgan fingerprint density at radius 1 is 0.778 bits per heavy atom. The number of aryl methyl sites for hydroxylation is 1. The average Bonchev–Trinajstić information content (AvgIpc) is 3.04. The molecular formula is C44H71N. The fourth-order valence-corrected chi connectivity index (χ4v) is 8.66. The fourth-order valence-electron chi connectivity index (χ4n) is 8.66. The number of unbranched alkanes of at least 4 members (excludes halogenated alkanes) is 10. The topological polar surface area (TPSA) is 26.0 Å². The number of hydrogen-bond acceptors (Lipinski definition) is 1. The lowest BCUT2D eigenvalue weighted by Gasteiger charge is -2.49. The largest absolute Gasteiger partial charge is 0.398 e. The van der Waals surface area contributed by atoms with Crippen molar-refractivity contribution in [3.05, 3.63) is 81.6 Å². The van der Waals surface area contributed by atoms with Gasteiger partial charge in [0.1, 0.15) is 0 Å². The van der Waals surface area contributed by atoms with Crippen molar-refractivity contribution in [3.63, 3.8) is 0 Å². The van der Waals surface area contributed by atoms with Crippen LogP contribution in [-0.4, -0.2) is 0 Å². The third-order valence-electron chi connectivity index (χ3n) is 12.2. The molecule has 0 heterocycles. The summed E-state index contributed by atoms with van der Waals surface area (Å²) in [6.07, 6.45) is 29.2. The molecule has 0 aliphatic heterocycles. The molecule has 2 unspecified atom stereocenters. The molecule has 0 aromatic heterocycles. The molecule has 0 saturated heterocycles. The summed E-state index contributed by atoms with van der Waals surface area (Å²) >= 11 is 0. The van der Waals surface area contributed by atoms with Crippen LogP contribution in [-0.2, 0) is 5.41 Å². The van der Waals surface area contributed by atoms with Crippen molar-refractivity contribution in [2.45, 2.75) is 177 Å². The van der Waals surface area contributed by atoms with Gasteiger partial charge in [0.05, 0.1) is 0 Å². The predicted molar refractivity (Wildman–Crippen MR) is 201 cm³/mol. The lowest BCUT2D eigenvalue weighted by atomic mass is 9.55. The average molecular weight is 614 g/mol. The van der Waals surface area contributed by atoms with Crippen molar-refractivity contribution in [3.8, 4) is 0 Å².